The van der Waals surface area contributed by atoms with Crippen LogP contribution < -0.4 is 10.6 Å². The minimum atomic E-state index is -0.270. The van der Waals surface area contributed by atoms with Crippen molar-refractivity contribution in [1.82, 2.24) is 15.5 Å². The lowest BCUT2D eigenvalue weighted by Gasteiger charge is -2.18. The largest absolute Gasteiger partial charge is 0.352 e. The van der Waals surface area contributed by atoms with Crippen LogP contribution in [-0.2, 0) is 19.2 Å². The van der Waals surface area contributed by atoms with Crippen molar-refractivity contribution in [3.63, 3.8) is 0 Å². The molecule has 1 saturated carbocycles. The molecule has 0 aromatic carbocycles. The number of rotatable bonds is 9. The Labute approximate surface area is 130 Å². The van der Waals surface area contributed by atoms with E-state index in [9.17, 15) is 19.2 Å². The first kappa shape index (κ1) is 18.1. The minimum Gasteiger partial charge on any atom is -0.352 e. The van der Waals surface area contributed by atoms with E-state index < -0.39 is 0 Å². The van der Waals surface area contributed by atoms with E-state index in [1.807, 2.05) is 0 Å². The maximum atomic E-state index is 11.6. The van der Waals surface area contributed by atoms with Crippen molar-refractivity contribution in [2.24, 2.45) is 0 Å². The van der Waals surface area contributed by atoms with E-state index in [1.54, 1.807) is 6.92 Å². The van der Waals surface area contributed by atoms with Gasteiger partial charge in [-0.05, 0) is 25.7 Å². The van der Waals surface area contributed by atoms with Crippen LogP contribution in [0, 0.1) is 0 Å². The Hall–Kier alpha value is -1.92. The summed E-state index contributed by atoms with van der Waals surface area (Å²) in [4.78, 5) is 47.0. The summed E-state index contributed by atoms with van der Waals surface area (Å²) < 4.78 is 0. The van der Waals surface area contributed by atoms with Crippen molar-refractivity contribution in [3.05, 3.63) is 0 Å². The van der Waals surface area contributed by atoms with E-state index in [0.29, 0.717) is 19.4 Å². The normalized spacial score (nSPS) is 13.4. The van der Waals surface area contributed by atoms with Gasteiger partial charge < -0.3 is 10.6 Å². The van der Waals surface area contributed by atoms with Crippen LogP contribution in [0.2, 0.25) is 0 Å². The molecule has 0 atom stereocenters. The average Bonchev–Trinajstić information content (AvgIpc) is 3.27. The topological polar surface area (TPSA) is 95.6 Å². The quantitative estimate of drug-likeness (QED) is 0.600. The lowest BCUT2D eigenvalue weighted by atomic mass is 10.2. The summed E-state index contributed by atoms with van der Waals surface area (Å²) in [7, 11) is 0. The van der Waals surface area contributed by atoms with Gasteiger partial charge in [0.1, 0.15) is 0 Å². The van der Waals surface area contributed by atoms with Gasteiger partial charge in [0.25, 0.3) is 0 Å². The molecule has 0 aliphatic heterocycles. The van der Waals surface area contributed by atoms with Gasteiger partial charge in [-0.2, -0.15) is 0 Å². The summed E-state index contributed by atoms with van der Waals surface area (Å²) in [5, 5.41) is 5.35. The van der Waals surface area contributed by atoms with Gasteiger partial charge in [-0.25, -0.2) is 0 Å². The van der Waals surface area contributed by atoms with Gasteiger partial charge in [-0.1, -0.05) is 6.92 Å². The highest BCUT2D eigenvalue weighted by atomic mass is 16.2. The second-order valence-corrected chi connectivity index (χ2v) is 5.49. The molecule has 22 heavy (non-hydrogen) atoms. The van der Waals surface area contributed by atoms with Crippen LogP contribution in [0.3, 0.4) is 0 Å². The first-order valence-electron chi connectivity index (χ1n) is 7.81. The second kappa shape index (κ2) is 9.17. The molecule has 0 aromatic rings. The molecule has 1 aliphatic carbocycles. The highest BCUT2D eigenvalue weighted by Crippen LogP contribution is 2.18. The van der Waals surface area contributed by atoms with Crippen LogP contribution in [0.15, 0.2) is 0 Å². The van der Waals surface area contributed by atoms with Crippen LogP contribution in [0.25, 0.3) is 0 Å². The van der Waals surface area contributed by atoms with Gasteiger partial charge in [0.2, 0.25) is 23.6 Å². The standard InChI is InChI=1S/C15H25N3O4/c1-3-15(22)18(11(2)19)9-5-4-6-13(20)16-10-14(21)17-12-7-8-12/h12H,3-10H2,1-2H3,(H,16,20)(H,17,21). The molecule has 0 spiro atoms. The van der Waals surface area contributed by atoms with Crippen molar-refractivity contribution in [2.75, 3.05) is 13.1 Å². The lowest BCUT2D eigenvalue weighted by Crippen LogP contribution is -2.38. The Morgan fingerprint density at radius 1 is 1.09 bits per heavy atom. The smallest absolute Gasteiger partial charge is 0.239 e. The average molecular weight is 311 g/mol. The molecule has 0 heterocycles. The zero-order chi connectivity index (χ0) is 16.5. The first-order chi connectivity index (χ1) is 10.4. The predicted octanol–water partition coefficient (Wildman–Crippen LogP) is 0.337. The van der Waals surface area contributed by atoms with Crippen LogP contribution in [-0.4, -0.2) is 47.7 Å². The van der Waals surface area contributed by atoms with Crippen LogP contribution in [0.1, 0.15) is 52.4 Å². The molecule has 7 heteroatoms. The zero-order valence-corrected chi connectivity index (χ0v) is 13.3. The Morgan fingerprint density at radius 3 is 2.32 bits per heavy atom. The van der Waals surface area contributed by atoms with Crippen molar-refractivity contribution < 1.29 is 19.2 Å². The molecule has 0 radical (unpaired) electrons. The SMILES string of the molecule is CCC(=O)N(CCCCC(=O)NCC(=O)NC1CC1)C(C)=O. The van der Waals surface area contributed by atoms with Gasteiger partial charge >= 0.3 is 0 Å². The van der Waals surface area contributed by atoms with E-state index in [0.717, 1.165) is 12.8 Å². The fraction of sp³-hybridized carbons (Fsp3) is 0.733. The third-order valence-corrected chi connectivity index (χ3v) is 3.41. The van der Waals surface area contributed by atoms with Gasteiger partial charge in [-0.15, -0.1) is 0 Å². The monoisotopic (exact) mass is 311 g/mol. The van der Waals surface area contributed by atoms with Crippen LogP contribution in [0.4, 0.5) is 0 Å². The summed E-state index contributed by atoms with van der Waals surface area (Å²) in [6.45, 7) is 3.40. The first-order valence-corrected chi connectivity index (χ1v) is 7.81. The molecule has 1 fully saturated rings. The van der Waals surface area contributed by atoms with Gasteiger partial charge in [0.15, 0.2) is 0 Å². The van der Waals surface area contributed by atoms with Crippen LogP contribution in [0.5, 0.6) is 0 Å². The summed E-state index contributed by atoms with van der Waals surface area (Å²) in [5.41, 5.74) is 0. The molecule has 7 nitrogen and oxygen atoms in total. The zero-order valence-electron chi connectivity index (χ0n) is 13.3. The molecule has 1 rings (SSSR count). The third kappa shape index (κ3) is 7.19. The summed E-state index contributed by atoms with van der Waals surface area (Å²) in [5.74, 6) is -0.823. The molecule has 1 aliphatic rings. The van der Waals surface area contributed by atoms with E-state index in [-0.39, 0.29) is 49.1 Å². The fourth-order valence-corrected chi connectivity index (χ4v) is 1.98. The Balaban J connectivity index is 2.11. The van der Waals surface area contributed by atoms with Crippen molar-refractivity contribution in [3.8, 4) is 0 Å². The van der Waals surface area contributed by atoms with Crippen molar-refractivity contribution >= 4 is 23.6 Å². The molecule has 0 unspecified atom stereocenters. The third-order valence-electron chi connectivity index (χ3n) is 3.41. The van der Waals surface area contributed by atoms with E-state index in [1.165, 1.54) is 11.8 Å². The van der Waals surface area contributed by atoms with Crippen molar-refractivity contribution in [1.29, 1.82) is 0 Å². The maximum Gasteiger partial charge on any atom is 0.239 e. The van der Waals surface area contributed by atoms with Crippen molar-refractivity contribution in [2.45, 2.75) is 58.4 Å². The predicted molar refractivity (Wildman–Crippen MR) is 80.7 cm³/mol. The Morgan fingerprint density at radius 2 is 1.77 bits per heavy atom. The number of carbonyl (C=O) groups excluding carboxylic acids is 4. The number of nitrogens with one attached hydrogen (secondary N) is 2. The fourth-order valence-electron chi connectivity index (χ4n) is 1.98. The lowest BCUT2D eigenvalue weighted by molar-refractivity contribution is -0.143. The number of carbonyl (C=O) groups is 4. The van der Waals surface area contributed by atoms with Gasteiger partial charge in [0, 0.05) is 32.4 Å². The molecular weight excluding hydrogens is 286 g/mol. The number of hydrogen-bond donors (Lipinski definition) is 2. The maximum absolute atomic E-state index is 11.6. The Bertz CT molecular complexity index is 433. The van der Waals surface area contributed by atoms with E-state index >= 15 is 0 Å². The molecule has 0 bridgehead atoms. The highest BCUT2D eigenvalue weighted by Gasteiger charge is 2.23. The number of hydrogen-bond acceptors (Lipinski definition) is 4. The number of unbranched alkanes of at least 4 members (excludes halogenated alkanes) is 1. The summed E-state index contributed by atoms with van der Waals surface area (Å²) in [6.07, 6.45) is 3.74. The summed E-state index contributed by atoms with van der Waals surface area (Å²) >= 11 is 0. The van der Waals surface area contributed by atoms with E-state index in [4.69, 9.17) is 0 Å². The number of amides is 4. The molecule has 4 amide bonds. The summed E-state index contributed by atoms with van der Waals surface area (Å²) in [6, 6.07) is 0.290. The van der Waals surface area contributed by atoms with Gasteiger partial charge in [-0.3, -0.25) is 24.1 Å². The highest BCUT2D eigenvalue weighted by molar-refractivity contribution is 5.93. The van der Waals surface area contributed by atoms with Gasteiger partial charge in [0.05, 0.1) is 6.54 Å². The molecule has 0 saturated heterocycles. The second-order valence-electron chi connectivity index (χ2n) is 5.49. The molecular formula is C15H25N3O4. The Kier molecular flexibility index (Phi) is 7.56. The molecule has 0 aromatic heterocycles. The molecule has 2 N–H and O–H groups in total. The number of imide groups is 1. The minimum absolute atomic E-state index is 0.00320. The van der Waals surface area contributed by atoms with Crippen LogP contribution >= 0.6 is 0 Å². The number of nitrogens with zero attached hydrogens (tertiary/aromatic N) is 1. The molecule has 124 valence electrons. The van der Waals surface area contributed by atoms with E-state index in [2.05, 4.69) is 10.6 Å².